The first-order chi connectivity index (χ1) is 14.0. The van der Waals surface area contributed by atoms with Gasteiger partial charge in [0.2, 0.25) is 0 Å². The van der Waals surface area contributed by atoms with Gasteiger partial charge in [-0.05, 0) is 42.5 Å². The molecule has 1 aromatic heterocycles. The number of nitrogens with one attached hydrogen (secondary N) is 1. The van der Waals surface area contributed by atoms with E-state index >= 15 is 0 Å². The van der Waals surface area contributed by atoms with Gasteiger partial charge in [-0.1, -0.05) is 41.4 Å². The summed E-state index contributed by atoms with van der Waals surface area (Å²) in [7, 11) is 0. The van der Waals surface area contributed by atoms with Gasteiger partial charge in [0.1, 0.15) is 23.2 Å². The number of nitriles is 1. The van der Waals surface area contributed by atoms with E-state index in [1.807, 2.05) is 36.4 Å². The number of hydrogen-bond acceptors (Lipinski definition) is 5. The molecule has 8 heteroatoms. The normalized spacial score (nSPS) is 16.6. The van der Waals surface area contributed by atoms with Crippen LogP contribution in [0.5, 0.6) is 0 Å². The molecule has 0 fully saturated rings. The molecule has 1 aliphatic rings. The fourth-order valence-corrected chi connectivity index (χ4v) is 3.86. The molecule has 29 heavy (non-hydrogen) atoms. The molecule has 0 saturated heterocycles. The van der Waals surface area contributed by atoms with Gasteiger partial charge in [-0.25, -0.2) is 0 Å². The van der Waals surface area contributed by atoms with E-state index < -0.39 is 12.1 Å². The van der Waals surface area contributed by atoms with Crippen LogP contribution >= 0.6 is 35.8 Å². The number of carbonyl (C=O) groups excluding carboxylic acids is 1. The Kier molecular flexibility index (Phi) is 5.29. The number of nitrogens with zero attached hydrogens (tertiary/aromatic N) is 2. The van der Waals surface area contributed by atoms with E-state index in [1.54, 1.807) is 35.2 Å². The summed E-state index contributed by atoms with van der Waals surface area (Å²) in [5.74, 6) is 0.440. The topological polar surface area (TPSA) is 69.3 Å². The van der Waals surface area contributed by atoms with E-state index in [0.717, 1.165) is 5.69 Å². The van der Waals surface area contributed by atoms with E-state index in [-0.39, 0.29) is 10.6 Å². The summed E-state index contributed by atoms with van der Waals surface area (Å²) < 4.78 is 6.02. The minimum atomic E-state index is -0.693. The zero-order valence-corrected chi connectivity index (χ0v) is 17.2. The Morgan fingerprint density at radius 2 is 1.86 bits per heavy atom. The summed E-state index contributed by atoms with van der Waals surface area (Å²) in [5, 5.41) is 13.4. The van der Waals surface area contributed by atoms with Crippen LogP contribution in [-0.4, -0.2) is 5.91 Å². The van der Waals surface area contributed by atoms with Crippen LogP contribution in [0.25, 0.3) is 11.3 Å². The van der Waals surface area contributed by atoms with Crippen molar-refractivity contribution in [2.24, 2.45) is 0 Å². The van der Waals surface area contributed by atoms with Crippen molar-refractivity contribution in [1.82, 2.24) is 5.32 Å². The van der Waals surface area contributed by atoms with Crippen LogP contribution in [0.2, 0.25) is 10.0 Å². The van der Waals surface area contributed by atoms with Crippen molar-refractivity contribution in [1.29, 1.82) is 5.26 Å². The molecule has 2 heterocycles. The lowest BCUT2D eigenvalue weighted by Crippen LogP contribution is -2.45. The minimum Gasteiger partial charge on any atom is -0.457 e. The first kappa shape index (κ1) is 19.5. The molecule has 0 bridgehead atoms. The van der Waals surface area contributed by atoms with Crippen molar-refractivity contribution in [3.63, 3.8) is 0 Å². The highest BCUT2D eigenvalue weighted by molar-refractivity contribution is 7.84. The molecule has 0 saturated carbocycles. The average molecular weight is 442 g/mol. The number of anilines is 1. The fraction of sp³-hybridized carbons (Fsp3) is 0.0476. The lowest BCUT2D eigenvalue weighted by atomic mass is 10.1. The summed E-state index contributed by atoms with van der Waals surface area (Å²) >= 11 is 16.8. The molecule has 4 rings (SSSR count). The molecular weight excluding hydrogens is 429 g/mol. The van der Waals surface area contributed by atoms with Crippen LogP contribution in [0.3, 0.4) is 0 Å². The zero-order chi connectivity index (χ0) is 20.5. The number of furan rings is 1. The van der Waals surface area contributed by atoms with Gasteiger partial charge in [-0.15, -0.1) is 12.6 Å². The van der Waals surface area contributed by atoms with Crippen LogP contribution in [0.15, 0.2) is 75.7 Å². The zero-order valence-electron chi connectivity index (χ0n) is 14.8. The Labute approximate surface area is 182 Å². The Morgan fingerprint density at radius 3 is 2.59 bits per heavy atom. The van der Waals surface area contributed by atoms with Gasteiger partial charge in [-0.3, -0.25) is 4.79 Å². The maximum atomic E-state index is 12.4. The van der Waals surface area contributed by atoms with Crippen molar-refractivity contribution < 1.29 is 9.21 Å². The number of carbonyl (C=O) groups is 1. The molecule has 0 unspecified atom stereocenters. The first-order valence-electron chi connectivity index (χ1n) is 8.53. The molecule has 1 amide bonds. The van der Waals surface area contributed by atoms with Crippen LogP contribution in [-0.2, 0) is 4.79 Å². The van der Waals surface area contributed by atoms with E-state index in [1.165, 1.54) is 0 Å². The monoisotopic (exact) mass is 441 g/mol. The largest absolute Gasteiger partial charge is 0.457 e. The molecule has 1 atom stereocenters. The van der Waals surface area contributed by atoms with Crippen LogP contribution in [0, 0.1) is 11.3 Å². The number of amides is 1. The number of para-hydroxylation sites is 1. The lowest BCUT2D eigenvalue weighted by molar-refractivity contribution is -0.118. The summed E-state index contributed by atoms with van der Waals surface area (Å²) in [5.41, 5.74) is 1.31. The third kappa shape index (κ3) is 3.60. The van der Waals surface area contributed by atoms with Crippen LogP contribution in [0.4, 0.5) is 5.69 Å². The van der Waals surface area contributed by atoms with Crippen molar-refractivity contribution in [3.8, 4) is 17.4 Å². The molecule has 2 aromatic carbocycles. The van der Waals surface area contributed by atoms with Gasteiger partial charge in [0, 0.05) is 16.3 Å². The van der Waals surface area contributed by atoms with Gasteiger partial charge in [0.25, 0.3) is 5.91 Å². The lowest BCUT2D eigenvalue weighted by Gasteiger charge is -2.36. The van der Waals surface area contributed by atoms with Gasteiger partial charge in [0.05, 0.1) is 10.1 Å². The predicted octanol–water partition coefficient (Wildman–Crippen LogP) is 5.55. The smallest absolute Gasteiger partial charge is 0.266 e. The van der Waals surface area contributed by atoms with Crippen LogP contribution in [0.1, 0.15) is 11.9 Å². The van der Waals surface area contributed by atoms with E-state index in [0.29, 0.717) is 27.1 Å². The van der Waals surface area contributed by atoms with Crippen LogP contribution < -0.4 is 10.2 Å². The number of hydrogen-bond donors (Lipinski definition) is 2. The summed E-state index contributed by atoms with van der Waals surface area (Å²) in [6.45, 7) is 0. The number of rotatable bonds is 3. The maximum Gasteiger partial charge on any atom is 0.266 e. The number of thiol groups is 1. The summed E-state index contributed by atoms with van der Waals surface area (Å²) in [6.07, 6.45) is -0.693. The molecule has 1 N–H and O–H groups in total. The highest BCUT2D eigenvalue weighted by Crippen LogP contribution is 2.38. The number of halogens is 2. The predicted molar refractivity (Wildman–Crippen MR) is 116 cm³/mol. The standard InChI is InChI=1S/C21H13Cl2N3O2S/c22-12-6-7-16(23)14(10-12)17-8-9-18(28-17)19-25-20(27)15(11-24)21(29)26(19)13-4-2-1-3-5-13/h1-10,19,29H,(H,25,27)/t19-/m0/s1. The molecule has 0 radical (unpaired) electrons. The average Bonchev–Trinajstić information content (AvgIpc) is 3.20. The summed E-state index contributed by atoms with van der Waals surface area (Å²) in [6, 6.07) is 19.8. The molecule has 0 aliphatic carbocycles. The van der Waals surface area contributed by atoms with E-state index in [4.69, 9.17) is 27.6 Å². The van der Waals surface area contributed by atoms with Crippen molar-refractivity contribution in [3.05, 3.63) is 87.1 Å². The first-order valence-corrected chi connectivity index (χ1v) is 9.73. The maximum absolute atomic E-state index is 12.4. The molecule has 144 valence electrons. The Hall–Kier alpha value is -2.85. The van der Waals surface area contributed by atoms with Crippen molar-refractivity contribution in [2.45, 2.75) is 6.17 Å². The quantitative estimate of drug-likeness (QED) is 0.522. The van der Waals surface area contributed by atoms with Gasteiger partial charge >= 0.3 is 0 Å². The third-order valence-electron chi connectivity index (χ3n) is 4.44. The van der Waals surface area contributed by atoms with Gasteiger partial charge < -0.3 is 14.6 Å². The number of benzene rings is 2. The SMILES string of the molecule is N#CC1=C(S)N(c2ccccc2)[C@@H](c2ccc(-c3cc(Cl)ccc3Cl)o2)NC1=O. The van der Waals surface area contributed by atoms with Gasteiger partial charge in [0.15, 0.2) is 6.17 Å². The molecule has 0 spiro atoms. The van der Waals surface area contributed by atoms with Crippen molar-refractivity contribution in [2.75, 3.05) is 4.90 Å². The molecule has 1 aliphatic heterocycles. The summed E-state index contributed by atoms with van der Waals surface area (Å²) in [4.78, 5) is 14.2. The molecular formula is C21H13Cl2N3O2S. The third-order valence-corrected chi connectivity index (χ3v) is 5.44. The Morgan fingerprint density at radius 1 is 1.10 bits per heavy atom. The fourth-order valence-electron chi connectivity index (χ4n) is 3.10. The molecule has 5 nitrogen and oxygen atoms in total. The molecule has 3 aromatic rings. The second kappa shape index (κ2) is 7.88. The van der Waals surface area contributed by atoms with E-state index in [2.05, 4.69) is 17.9 Å². The second-order valence-corrected chi connectivity index (χ2v) is 7.49. The highest BCUT2D eigenvalue weighted by Gasteiger charge is 2.35. The van der Waals surface area contributed by atoms with Gasteiger partial charge in [-0.2, -0.15) is 5.26 Å². The van der Waals surface area contributed by atoms with Crippen molar-refractivity contribution >= 4 is 47.4 Å². The Bertz CT molecular complexity index is 1170. The second-order valence-electron chi connectivity index (χ2n) is 6.22. The highest BCUT2D eigenvalue weighted by atomic mass is 35.5. The minimum absolute atomic E-state index is 0.0712. The van der Waals surface area contributed by atoms with E-state index in [9.17, 15) is 10.1 Å². The Balaban J connectivity index is 1.80.